The van der Waals surface area contributed by atoms with Crippen LogP contribution < -0.4 is 10.6 Å². The number of ether oxygens (including phenoxy) is 2. The molecule has 0 radical (unpaired) electrons. The summed E-state index contributed by atoms with van der Waals surface area (Å²) in [6.45, 7) is 8.37. The lowest BCUT2D eigenvalue weighted by Crippen LogP contribution is -2.58. The molecule has 1 aromatic carbocycles. The van der Waals surface area contributed by atoms with Crippen LogP contribution in [-0.4, -0.2) is 59.4 Å². The number of anilines is 1. The Balaban J connectivity index is 1.69. The Kier molecular flexibility index (Phi) is 8.05. The van der Waals surface area contributed by atoms with Crippen LogP contribution in [0.1, 0.15) is 57.6 Å². The Morgan fingerprint density at radius 1 is 1.20 bits per heavy atom. The molecule has 2 fully saturated rings. The van der Waals surface area contributed by atoms with E-state index in [2.05, 4.69) is 17.2 Å². The standard InChI is InChI=1S/C28H33F3N2O6S/c1-5-10-38-23(36)27(15-40-14-19(21(27)34)32-24(37)39-25(2,3)4)13-16-11-17-20(18(29)12-16)33-22(35)26(17)6-8-28(30,31)9-7-26/h5,11-12,19H,1,6-10,13-15H2,2-4H3,(H,32,37)(H,33,35)/t19-,27+/m0/s1. The van der Waals surface area contributed by atoms with Gasteiger partial charge in [0.2, 0.25) is 11.8 Å². The van der Waals surface area contributed by atoms with E-state index in [-0.39, 0.29) is 54.2 Å². The Labute approximate surface area is 234 Å². The van der Waals surface area contributed by atoms with Crippen LogP contribution in [0.4, 0.5) is 23.7 Å². The quantitative estimate of drug-likeness (QED) is 0.284. The average molecular weight is 583 g/mol. The largest absolute Gasteiger partial charge is 0.461 e. The van der Waals surface area contributed by atoms with E-state index in [0.717, 1.165) is 6.07 Å². The molecule has 0 aromatic heterocycles. The first-order valence-electron chi connectivity index (χ1n) is 13.0. The van der Waals surface area contributed by atoms with Crippen LogP contribution in [0.15, 0.2) is 24.8 Å². The van der Waals surface area contributed by atoms with Gasteiger partial charge in [-0.05, 0) is 57.2 Å². The van der Waals surface area contributed by atoms with Crippen LogP contribution in [0.25, 0.3) is 0 Å². The SMILES string of the molecule is C=CCOC(=O)[C@]1(Cc2cc(F)c3c(c2)C2(CCC(F)(F)CC2)C(=O)N3)CSC[C@H](NC(=O)OC(C)(C)C)C1=O. The predicted molar refractivity (Wildman–Crippen MR) is 143 cm³/mol. The molecule has 2 amide bonds. The van der Waals surface area contributed by atoms with Gasteiger partial charge in [0.1, 0.15) is 29.5 Å². The van der Waals surface area contributed by atoms with Crippen molar-refractivity contribution in [2.75, 3.05) is 23.4 Å². The van der Waals surface area contributed by atoms with Gasteiger partial charge in [-0.3, -0.25) is 14.4 Å². The predicted octanol–water partition coefficient (Wildman–Crippen LogP) is 4.69. The van der Waals surface area contributed by atoms with Crippen molar-refractivity contribution in [2.45, 2.75) is 75.9 Å². The van der Waals surface area contributed by atoms with Crippen molar-refractivity contribution in [3.8, 4) is 0 Å². The fraction of sp³-hybridized carbons (Fsp3) is 0.571. The summed E-state index contributed by atoms with van der Waals surface area (Å²) >= 11 is 1.24. The number of esters is 1. The first-order chi connectivity index (χ1) is 18.6. The highest BCUT2D eigenvalue weighted by Crippen LogP contribution is 2.52. The highest BCUT2D eigenvalue weighted by Gasteiger charge is 2.55. The molecule has 1 aromatic rings. The van der Waals surface area contributed by atoms with E-state index in [0.29, 0.717) is 0 Å². The fourth-order valence-corrected chi connectivity index (χ4v) is 6.84. The van der Waals surface area contributed by atoms with Crippen molar-refractivity contribution in [3.05, 3.63) is 41.7 Å². The number of alkyl carbamates (subject to hydrolysis) is 1. The summed E-state index contributed by atoms with van der Waals surface area (Å²) in [5, 5.41) is 5.04. The zero-order valence-electron chi connectivity index (χ0n) is 22.7. The van der Waals surface area contributed by atoms with Crippen molar-refractivity contribution in [2.24, 2.45) is 5.41 Å². The van der Waals surface area contributed by atoms with E-state index >= 15 is 4.39 Å². The molecule has 0 unspecified atom stereocenters. The minimum absolute atomic E-state index is 0.00155. The van der Waals surface area contributed by atoms with Crippen molar-refractivity contribution in [3.63, 3.8) is 0 Å². The van der Waals surface area contributed by atoms with Crippen molar-refractivity contribution < 1.29 is 41.8 Å². The Morgan fingerprint density at radius 2 is 1.88 bits per heavy atom. The summed E-state index contributed by atoms with van der Waals surface area (Å²) < 4.78 is 53.9. The second-order valence-corrected chi connectivity index (χ2v) is 12.6. The van der Waals surface area contributed by atoms with Gasteiger partial charge in [0, 0.05) is 24.3 Å². The lowest BCUT2D eigenvalue weighted by molar-refractivity contribution is -0.159. The van der Waals surface area contributed by atoms with Gasteiger partial charge < -0.3 is 20.1 Å². The highest BCUT2D eigenvalue weighted by atomic mass is 32.2. The molecule has 1 saturated carbocycles. The van der Waals surface area contributed by atoms with E-state index in [9.17, 15) is 28.0 Å². The van der Waals surface area contributed by atoms with E-state index in [4.69, 9.17) is 9.47 Å². The third kappa shape index (κ3) is 5.73. The summed E-state index contributed by atoms with van der Waals surface area (Å²) in [6, 6.07) is 1.56. The highest BCUT2D eigenvalue weighted by molar-refractivity contribution is 7.99. The number of hydrogen-bond donors (Lipinski definition) is 2. The monoisotopic (exact) mass is 582 g/mol. The molecule has 3 aliphatic rings. The van der Waals surface area contributed by atoms with E-state index in [1.807, 2.05) is 0 Å². The minimum Gasteiger partial charge on any atom is -0.461 e. The number of carbonyl (C=O) groups excluding carboxylic acids is 4. The summed E-state index contributed by atoms with van der Waals surface area (Å²) in [5.74, 6) is -5.53. The lowest BCUT2D eigenvalue weighted by Gasteiger charge is -2.38. The first-order valence-corrected chi connectivity index (χ1v) is 14.2. The number of benzene rings is 1. The maximum Gasteiger partial charge on any atom is 0.408 e. The second kappa shape index (κ2) is 10.8. The van der Waals surface area contributed by atoms with Crippen LogP contribution >= 0.6 is 11.8 Å². The molecule has 8 nitrogen and oxygen atoms in total. The molecule has 2 heterocycles. The van der Waals surface area contributed by atoms with Gasteiger partial charge in [-0.2, -0.15) is 11.8 Å². The van der Waals surface area contributed by atoms with Crippen LogP contribution in [-0.2, 0) is 35.7 Å². The molecular weight excluding hydrogens is 549 g/mol. The first kappa shape index (κ1) is 30.0. The van der Waals surface area contributed by atoms with E-state index in [1.54, 1.807) is 20.8 Å². The number of thioether (sulfide) groups is 1. The van der Waals surface area contributed by atoms with Gasteiger partial charge in [-0.1, -0.05) is 18.7 Å². The zero-order valence-corrected chi connectivity index (χ0v) is 23.5. The lowest BCUT2D eigenvalue weighted by atomic mass is 9.68. The summed E-state index contributed by atoms with van der Waals surface area (Å²) in [5.41, 5.74) is -3.53. The molecule has 40 heavy (non-hydrogen) atoms. The molecule has 2 aliphatic heterocycles. The maximum atomic E-state index is 15.3. The van der Waals surface area contributed by atoms with Crippen LogP contribution in [0, 0.1) is 11.2 Å². The molecule has 2 atom stereocenters. The Morgan fingerprint density at radius 3 is 2.50 bits per heavy atom. The van der Waals surface area contributed by atoms with Crippen molar-refractivity contribution >= 4 is 41.2 Å². The van der Waals surface area contributed by atoms with Crippen LogP contribution in [0.2, 0.25) is 0 Å². The number of alkyl halides is 2. The van der Waals surface area contributed by atoms with Gasteiger partial charge >= 0.3 is 12.1 Å². The van der Waals surface area contributed by atoms with Gasteiger partial charge in [0.25, 0.3) is 0 Å². The zero-order chi connectivity index (χ0) is 29.5. The van der Waals surface area contributed by atoms with Gasteiger partial charge in [-0.25, -0.2) is 18.0 Å². The van der Waals surface area contributed by atoms with Crippen molar-refractivity contribution in [1.82, 2.24) is 5.32 Å². The second-order valence-electron chi connectivity index (χ2n) is 11.6. The number of nitrogens with one attached hydrogen (secondary N) is 2. The van der Waals surface area contributed by atoms with Crippen LogP contribution in [0.5, 0.6) is 0 Å². The number of rotatable bonds is 6. The molecule has 1 aliphatic carbocycles. The average Bonchev–Trinajstić information content (AvgIpc) is 3.12. The van der Waals surface area contributed by atoms with E-state index < -0.39 is 70.8 Å². The van der Waals surface area contributed by atoms with Crippen molar-refractivity contribution in [1.29, 1.82) is 0 Å². The normalized spacial score (nSPS) is 25.1. The summed E-state index contributed by atoms with van der Waals surface area (Å²) in [7, 11) is 0. The number of carbonyl (C=O) groups is 4. The molecule has 0 bridgehead atoms. The smallest absolute Gasteiger partial charge is 0.408 e. The number of fused-ring (bicyclic) bond motifs is 2. The molecule has 2 N–H and O–H groups in total. The molecule has 1 spiro atoms. The molecule has 12 heteroatoms. The number of halogens is 3. The summed E-state index contributed by atoms with van der Waals surface area (Å²) in [6.07, 6.45) is -1.13. The van der Waals surface area contributed by atoms with Gasteiger partial charge in [0.15, 0.2) is 5.78 Å². The Hall–Kier alpha value is -3.02. The third-order valence-corrected chi connectivity index (χ3v) is 8.78. The van der Waals surface area contributed by atoms with Gasteiger partial charge in [-0.15, -0.1) is 0 Å². The minimum atomic E-state index is -2.91. The Bertz CT molecular complexity index is 1240. The summed E-state index contributed by atoms with van der Waals surface area (Å²) in [4.78, 5) is 52.6. The van der Waals surface area contributed by atoms with E-state index in [1.165, 1.54) is 23.9 Å². The maximum absolute atomic E-state index is 15.3. The third-order valence-electron chi connectivity index (χ3n) is 7.51. The molecule has 1 saturated heterocycles. The molecular formula is C28H33F3N2O6S. The van der Waals surface area contributed by atoms with Crippen LogP contribution in [0.3, 0.4) is 0 Å². The number of Topliss-reactive ketones (excluding diaryl/α,β-unsaturated/α-hetero) is 1. The number of ketones is 1. The number of amides is 2. The number of hydrogen-bond acceptors (Lipinski definition) is 7. The fourth-order valence-electron chi connectivity index (χ4n) is 5.54. The molecule has 4 rings (SSSR count). The molecule has 218 valence electrons. The van der Waals surface area contributed by atoms with Gasteiger partial charge in [0.05, 0.1) is 11.1 Å². The topological polar surface area (TPSA) is 111 Å².